The van der Waals surface area contributed by atoms with E-state index in [1.54, 1.807) is 36.7 Å². The lowest BCUT2D eigenvalue weighted by Gasteiger charge is -2.07. The molecule has 0 fully saturated rings. The molecular formula is C20H15FN8S. The minimum absolute atomic E-state index is 0.344. The fraction of sp³-hybridized carbons (Fsp3) is 0.100. The van der Waals surface area contributed by atoms with Gasteiger partial charge in [0, 0.05) is 24.5 Å². The second-order valence-corrected chi connectivity index (χ2v) is 7.32. The standard InChI is InChI=1S/C20H15FN8S/c1-2-28-18(13-9-11-22-12-10-13)24-26-20(28)30-17-8-7-16-23-25-19(29(16)27-17)14-5-3-4-6-15(14)21/h3-12H,2H2,1H3. The van der Waals surface area contributed by atoms with Crippen LogP contribution in [-0.4, -0.2) is 39.6 Å². The maximum Gasteiger partial charge on any atom is 0.197 e. The predicted octanol–water partition coefficient (Wildman–Crippen LogP) is 3.76. The molecule has 4 aromatic heterocycles. The molecule has 0 aliphatic heterocycles. The largest absolute Gasteiger partial charge is 0.302 e. The summed E-state index contributed by atoms with van der Waals surface area (Å²) in [6.45, 7) is 2.73. The zero-order valence-electron chi connectivity index (χ0n) is 15.8. The van der Waals surface area contributed by atoms with Gasteiger partial charge >= 0.3 is 0 Å². The molecule has 0 saturated carbocycles. The highest BCUT2D eigenvalue weighted by Gasteiger charge is 2.17. The highest BCUT2D eigenvalue weighted by Crippen LogP contribution is 2.29. The minimum Gasteiger partial charge on any atom is -0.302 e. The number of hydrogen-bond acceptors (Lipinski definition) is 7. The van der Waals surface area contributed by atoms with Gasteiger partial charge in [0.15, 0.2) is 22.5 Å². The summed E-state index contributed by atoms with van der Waals surface area (Å²) in [6.07, 6.45) is 3.45. The summed E-state index contributed by atoms with van der Waals surface area (Å²) in [6, 6.07) is 13.8. The van der Waals surface area contributed by atoms with Gasteiger partial charge in [0.2, 0.25) is 0 Å². The molecule has 30 heavy (non-hydrogen) atoms. The lowest BCUT2D eigenvalue weighted by molar-refractivity contribution is 0.628. The van der Waals surface area contributed by atoms with Gasteiger partial charge in [-0.25, -0.2) is 4.39 Å². The summed E-state index contributed by atoms with van der Waals surface area (Å²) < 4.78 is 17.8. The molecule has 8 nitrogen and oxygen atoms in total. The van der Waals surface area contributed by atoms with Gasteiger partial charge < -0.3 is 4.57 Å². The number of pyridine rings is 1. The number of rotatable bonds is 5. The van der Waals surface area contributed by atoms with E-state index >= 15 is 0 Å². The van der Waals surface area contributed by atoms with Crippen LogP contribution in [0.3, 0.4) is 0 Å². The Morgan fingerprint density at radius 2 is 1.70 bits per heavy atom. The normalized spacial score (nSPS) is 11.3. The van der Waals surface area contributed by atoms with Crippen molar-refractivity contribution in [3.05, 3.63) is 66.7 Å². The maximum atomic E-state index is 14.3. The summed E-state index contributed by atoms with van der Waals surface area (Å²) in [5, 5.41) is 22.9. The van der Waals surface area contributed by atoms with E-state index in [0.717, 1.165) is 11.4 Å². The average Bonchev–Trinajstić information content (AvgIpc) is 3.38. The highest BCUT2D eigenvalue weighted by atomic mass is 32.2. The van der Waals surface area contributed by atoms with E-state index in [4.69, 9.17) is 0 Å². The summed E-state index contributed by atoms with van der Waals surface area (Å²) in [7, 11) is 0. The van der Waals surface area contributed by atoms with Crippen LogP contribution < -0.4 is 0 Å². The van der Waals surface area contributed by atoms with Crippen LogP contribution in [0.5, 0.6) is 0 Å². The SMILES string of the molecule is CCn1c(Sc2ccc3nnc(-c4ccccc4F)n3n2)nnc1-c1ccncc1. The molecule has 0 aliphatic rings. The zero-order chi connectivity index (χ0) is 20.5. The molecule has 148 valence electrons. The van der Waals surface area contributed by atoms with E-state index in [1.807, 2.05) is 29.7 Å². The second-order valence-electron chi connectivity index (χ2n) is 6.33. The first-order chi connectivity index (χ1) is 14.7. The lowest BCUT2D eigenvalue weighted by Crippen LogP contribution is -2.01. The molecule has 5 rings (SSSR count). The van der Waals surface area contributed by atoms with Crippen LogP contribution >= 0.6 is 11.8 Å². The van der Waals surface area contributed by atoms with Crippen molar-refractivity contribution >= 4 is 17.4 Å². The average molecular weight is 418 g/mol. The molecule has 0 atom stereocenters. The second kappa shape index (κ2) is 7.64. The molecule has 0 amide bonds. The molecule has 0 radical (unpaired) electrons. The molecule has 0 unspecified atom stereocenters. The lowest BCUT2D eigenvalue weighted by atomic mass is 10.2. The van der Waals surface area contributed by atoms with Crippen molar-refractivity contribution in [3.63, 3.8) is 0 Å². The quantitative estimate of drug-likeness (QED) is 0.429. The van der Waals surface area contributed by atoms with Gasteiger partial charge in [-0.1, -0.05) is 12.1 Å². The fourth-order valence-corrected chi connectivity index (χ4v) is 3.95. The van der Waals surface area contributed by atoms with Crippen LogP contribution in [0.25, 0.3) is 28.4 Å². The van der Waals surface area contributed by atoms with Gasteiger partial charge in [0.05, 0.1) is 5.56 Å². The van der Waals surface area contributed by atoms with E-state index in [2.05, 4.69) is 30.5 Å². The van der Waals surface area contributed by atoms with E-state index in [-0.39, 0.29) is 5.82 Å². The van der Waals surface area contributed by atoms with Gasteiger partial charge in [0.25, 0.3) is 0 Å². The Morgan fingerprint density at radius 3 is 2.50 bits per heavy atom. The van der Waals surface area contributed by atoms with E-state index in [9.17, 15) is 4.39 Å². The van der Waals surface area contributed by atoms with Crippen molar-refractivity contribution in [1.82, 2.24) is 39.6 Å². The summed E-state index contributed by atoms with van der Waals surface area (Å²) in [4.78, 5) is 4.05. The van der Waals surface area contributed by atoms with Crippen molar-refractivity contribution in [2.45, 2.75) is 23.7 Å². The Morgan fingerprint density at radius 1 is 0.900 bits per heavy atom. The highest BCUT2D eigenvalue weighted by molar-refractivity contribution is 7.99. The molecular weight excluding hydrogens is 403 g/mol. The fourth-order valence-electron chi connectivity index (χ4n) is 3.09. The Bertz CT molecular complexity index is 1330. The van der Waals surface area contributed by atoms with Gasteiger partial charge in [-0.3, -0.25) is 4.98 Å². The molecule has 4 heterocycles. The van der Waals surface area contributed by atoms with E-state index < -0.39 is 0 Å². The van der Waals surface area contributed by atoms with Crippen LogP contribution in [-0.2, 0) is 6.54 Å². The third kappa shape index (κ3) is 3.20. The van der Waals surface area contributed by atoms with Crippen molar-refractivity contribution in [1.29, 1.82) is 0 Å². The molecule has 5 aromatic rings. The first kappa shape index (κ1) is 18.4. The maximum absolute atomic E-state index is 14.3. The predicted molar refractivity (Wildman–Crippen MR) is 109 cm³/mol. The Kier molecular flexibility index (Phi) is 4.68. The van der Waals surface area contributed by atoms with Crippen molar-refractivity contribution in [2.75, 3.05) is 0 Å². The molecule has 0 aliphatic carbocycles. The summed E-state index contributed by atoms with van der Waals surface area (Å²) >= 11 is 1.37. The molecule has 10 heteroatoms. The smallest absolute Gasteiger partial charge is 0.197 e. The van der Waals surface area contributed by atoms with Crippen LogP contribution in [0, 0.1) is 5.82 Å². The Hall–Kier alpha value is -3.66. The third-order valence-electron chi connectivity index (χ3n) is 4.52. The molecule has 0 saturated heterocycles. The van der Waals surface area contributed by atoms with Crippen molar-refractivity contribution < 1.29 is 4.39 Å². The van der Waals surface area contributed by atoms with E-state index in [0.29, 0.717) is 33.8 Å². The van der Waals surface area contributed by atoms with Crippen molar-refractivity contribution in [2.24, 2.45) is 0 Å². The molecule has 0 N–H and O–H groups in total. The van der Waals surface area contributed by atoms with Crippen LogP contribution in [0.2, 0.25) is 0 Å². The molecule has 0 bridgehead atoms. The number of nitrogens with zero attached hydrogens (tertiary/aromatic N) is 8. The van der Waals surface area contributed by atoms with Crippen LogP contribution in [0.4, 0.5) is 4.39 Å². The van der Waals surface area contributed by atoms with Crippen LogP contribution in [0.1, 0.15) is 6.92 Å². The monoisotopic (exact) mass is 418 g/mol. The number of hydrogen-bond donors (Lipinski definition) is 0. The first-order valence-corrected chi connectivity index (χ1v) is 10.0. The molecule has 1 aromatic carbocycles. The van der Waals surface area contributed by atoms with Gasteiger partial charge in [0.1, 0.15) is 10.8 Å². The Balaban J connectivity index is 1.53. The van der Waals surface area contributed by atoms with Gasteiger partial charge in [-0.15, -0.1) is 20.4 Å². The van der Waals surface area contributed by atoms with Gasteiger partial charge in [-0.05, 0) is 55.1 Å². The van der Waals surface area contributed by atoms with Crippen LogP contribution in [0.15, 0.2) is 71.1 Å². The molecule has 0 spiro atoms. The van der Waals surface area contributed by atoms with E-state index in [1.165, 1.54) is 22.3 Å². The topological polar surface area (TPSA) is 86.7 Å². The third-order valence-corrected chi connectivity index (χ3v) is 5.43. The Labute approximate surface area is 174 Å². The number of benzene rings is 1. The summed E-state index contributed by atoms with van der Waals surface area (Å²) in [5.41, 5.74) is 1.82. The van der Waals surface area contributed by atoms with Crippen molar-refractivity contribution in [3.8, 4) is 22.8 Å². The number of aromatic nitrogens is 8. The first-order valence-electron chi connectivity index (χ1n) is 9.23. The number of fused-ring (bicyclic) bond motifs is 1. The summed E-state index contributed by atoms with van der Waals surface area (Å²) in [5.74, 6) is 0.735. The van der Waals surface area contributed by atoms with Gasteiger partial charge in [-0.2, -0.15) is 9.61 Å². The minimum atomic E-state index is -0.376. The zero-order valence-corrected chi connectivity index (χ0v) is 16.7. The number of halogens is 1.